The minimum atomic E-state index is -0.237. The molecule has 0 amide bonds. The van der Waals surface area contributed by atoms with E-state index in [1.54, 1.807) is 30.3 Å². The first kappa shape index (κ1) is 27.9. The fourth-order valence-electron chi connectivity index (χ4n) is 2.13. The molecule has 4 N–H and O–H groups in total. The monoisotopic (exact) mass is 648 g/mol. The van der Waals surface area contributed by atoms with E-state index in [0.717, 1.165) is 5.69 Å². The van der Waals surface area contributed by atoms with Crippen LogP contribution in [0.5, 0.6) is 5.88 Å². The Bertz CT molecular complexity index is 1280. The number of benzene rings is 2. The third kappa shape index (κ3) is 9.86. The predicted molar refractivity (Wildman–Crippen MR) is 144 cm³/mol. The largest absolute Gasteiger partial charge is 0.480 e. The Morgan fingerprint density at radius 1 is 0.971 bits per heavy atom. The van der Waals surface area contributed by atoms with Gasteiger partial charge < -0.3 is 15.8 Å². The zero-order valence-corrected chi connectivity index (χ0v) is 22.8. The average molecular weight is 652 g/mol. The number of aromatic amines is 1. The van der Waals surface area contributed by atoms with Crippen molar-refractivity contribution in [3.8, 4) is 5.88 Å². The Kier molecular flexibility index (Phi) is 11.6. The predicted octanol–water partition coefficient (Wildman–Crippen LogP) is 6.75. The van der Waals surface area contributed by atoms with Gasteiger partial charge in [-0.1, -0.05) is 35.3 Å². The Hall–Kier alpha value is -2.37. The number of H-pyrrole nitrogens is 1. The van der Waals surface area contributed by atoms with Gasteiger partial charge in [0.15, 0.2) is 0 Å². The number of hydrogen-bond donors (Lipinski definition) is 3. The summed E-state index contributed by atoms with van der Waals surface area (Å²) in [5, 5.41) is 4.42. The molecule has 4 rings (SSSR count). The van der Waals surface area contributed by atoms with Crippen molar-refractivity contribution in [2.24, 2.45) is 0 Å². The molecule has 178 valence electrons. The van der Waals surface area contributed by atoms with Crippen LogP contribution >= 0.6 is 66.7 Å². The second-order valence-corrected chi connectivity index (χ2v) is 9.02. The fraction of sp³-hybridized carbons (Fsp3) is 0.0476. The molecule has 34 heavy (non-hydrogen) atoms. The molecule has 13 heteroatoms. The van der Waals surface area contributed by atoms with Crippen LogP contribution in [0.15, 0.2) is 74.7 Å². The number of aromatic nitrogens is 4. The van der Waals surface area contributed by atoms with Gasteiger partial charge in [0.25, 0.3) is 5.56 Å². The molecule has 2 aromatic heterocycles. The molecule has 0 bridgehead atoms. The number of hydrogen-bond acceptors (Lipinski definition) is 7. The smallest absolute Gasteiger partial charge is 0.266 e. The first-order valence-electron chi connectivity index (χ1n) is 9.18. The molecule has 0 radical (unpaired) electrons. The van der Waals surface area contributed by atoms with Crippen molar-refractivity contribution in [2.45, 2.75) is 0 Å². The van der Waals surface area contributed by atoms with Gasteiger partial charge in [-0.2, -0.15) is 4.98 Å². The second-order valence-electron chi connectivity index (χ2n) is 6.10. The summed E-state index contributed by atoms with van der Waals surface area (Å²) in [6.07, 6.45) is 2.97. The van der Waals surface area contributed by atoms with Crippen molar-refractivity contribution in [1.29, 1.82) is 0 Å². The van der Waals surface area contributed by atoms with Crippen LogP contribution in [0.3, 0.4) is 0 Å². The van der Waals surface area contributed by atoms with Crippen molar-refractivity contribution < 1.29 is 4.74 Å². The Morgan fingerprint density at radius 3 is 2.15 bits per heavy atom. The molecule has 8 nitrogen and oxygen atoms in total. The lowest BCUT2D eigenvalue weighted by Gasteiger charge is -2.04. The lowest BCUT2D eigenvalue weighted by Crippen LogP contribution is -2.10. The van der Waals surface area contributed by atoms with E-state index < -0.39 is 0 Å². The zero-order valence-electron chi connectivity index (χ0n) is 17.4. The summed E-state index contributed by atoms with van der Waals surface area (Å²) in [7, 11) is 1.52. The van der Waals surface area contributed by atoms with Gasteiger partial charge in [0.2, 0.25) is 17.1 Å². The molecule has 4 aromatic rings. The third-order valence-corrected chi connectivity index (χ3v) is 5.33. The van der Waals surface area contributed by atoms with Gasteiger partial charge in [-0.15, -0.1) is 0 Å². The van der Waals surface area contributed by atoms with Gasteiger partial charge >= 0.3 is 0 Å². The van der Waals surface area contributed by atoms with Gasteiger partial charge in [-0.05, 0) is 79.9 Å². The summed E-state index contributed by atoms with van der Waals surface area (Å²) in [5.41, 5.74) is 6.61. The summed E-state index contributed by atoms with van der Waals surface area (Å²) < 4.78 is 5.93. The van der Waals surface area contributed by atoms with Crippen LogP contribution < -0.4 is 21.3 Å². The molecule has 0 fully saturated rings. The molecule has 0 aliphatic rings. The lowest BCUT2D eigenvalue weighted by molar-refractivity contribution is 0.394. The number of nitrogens with zero attached hydrogens (tertiary/aromatic N) is 3. The third-order valence-electron chi connectivity index (χ3n) is 3.57. The minimum Gasteiger partial charge on any atom is -0.480 e. The molecule has 2 heterocycles. The number of anilines is 3. The summed E-state index contributed by atoms with van der Waals surface area (Å²) in [6.45, 7) is 0. The summed E-state index contributed by atoms with van der Waals surface area (Å²) >= 11 is 23.1. The van der Waals surface area contributed by atoms with E-state index in [2.05, 4.69) is 57.1 Å². The highest BCUT2D eigenvalue weighted by Gasteiger charge is 2.02. The van der Waals surface area contributed by atoms with Crippen molar-refractivity contribution in [2.75, 3.05) is 18.2 Å². The molecular weight excluding hydrogens is 634 g/mol. The van der Waals surface area contributed by atoms with Crippen LogP contribution in [-0.2, 0) is 0 Å². The van der Waals surface area contributed by atoms with Crippen molar-refractivity contribution in [3.05, 3.63) is 95.6 Å². The fourth-order valence-corrected chi connectivity index (χ4v) is 3.20. The summed E-state index contributed by atoms with van der Waals surface area (Å²) in [4.78, 5) is 25.4. The minimum absolute atomic E-state index is 0.181. The number of nitrogens with two attached hydrogens (primary N) is 1. The first-order chi connectivity index (χ1) is 16.2. The highest BCUT2D eigenvalue weighted by Crippen LogP contribution is 2.21. The maximum atomic E-state index is 11.3. The molecule has 0 spiro atoms. The number of ether oxygens (including phenoxy) is 1. The highest BCUT2D eigenvalue weighted by molar-refractivity contribution is 9.10. The molecule has 0 aliphatic heterocycles. The van der Waals surface area contributed by atoms with E-state index in [1.165, 1.54) is 19.5 Å². The molecule has 0 aliphatic carbocycles. The first-order valence-corrected chi connectivity index (χ1v) is 11.9. The normalized spacial score (nSPS) is 9.71. The van der Waals surface area contributed by atoms with Crippen LogP contribution in [0.1, 0.15) is 0 Å². The molecule has 0 saturated heterocycles. The standard InChI is InChI=1S/C10H7BrClN3O.C6H6ClN.C5H4BrClN2O/c11-8-5-13-10(15-9(8)16)14-7-3-1-2-6(12)4-7;7-5-2-1-3-6(8)4-5;1-10-4-3(6)2-8-5(7)9-4/h1-5H,(H2,13,14,15,16);1-4H,8H2;2H,1H3. The van der Waals surface area contributed by atoms with Gasteiger partial charge in [0.1, 0.15) is 4.47 Å². The van der Waals surface area contributed by atoms with E-state index in [-0.39, 0.29) is 10.8 Å². The second kappa shape index (κ2) is 14.1. The zero-order chi connectivity index (χ0) is 25.1. The summed E-state index contributed by atoms with van der Waals surface area (Å²) in [5.74, 6) is 0.815. The quantitative estimate of drug-likeness (QED) is 0.166. The number of nitrogen functional groups attached to an aromatic ring is 1. The van der Waals surface area contributed by atoms with Crippen LogP contribution in [0.2, 0.25) is 15.3 Å². The average Bonchev–Trinajstić information content (AvgIpc) is 2.79. The van der Waals surface area contributed by atoms with Crippen molar-refractivity contribution in [1.82, 2.24) is 19.9 Å². The van der Waals surface area contributed by atoms with Crippen LogP contribution in [0, 0.1) is 0 Å². The van der Waals surface area contributed by atoms with Gasteiger partial charge in [0.05, 0.1) is 17.8 Å². The Balaban J connectivity index is 0.000000195. The molecule has 0 atom stereocenters. The highest BCUT2D eigenvalue weighted by atomic mass is 79.9. The van der Waals surface area contributed by atoms with Gasteiger partial charge in [0, 0.05) is 27.6 Å². The molecular formula is C21H17Br2Cl3N6O2. The maximum absolute atomic E-state index is 11.3. The van der Waals surface area contributed by atoms with Crippen LogP contribution in [0.25, 0.3) is 0 Å². The number of rotatable bonds is 3. The van der Waals surface area contributed by atoms with Crippen LogP contribution in [-0.4, -0.2) is 27.0 Å². The Labute approximate surface area is 227 Å². The number of methoxy groups -OCH3 is 1. The Morgan fingerprint density at radius 2 is 1.62 bits per heavy atom. The SMILES string of the molecule is COc1nc(Cl)ncc1Br.Nc1cccc(Cl)c1.O=c1[nH]c(Nc2cccc(Cl)c2)ncc1Br. The number of nitrogens with one attached hydrogen (secondary N) is 2. The van der Waals surface area contributed by atoms with E-state index in [1.807, 2.05) is 18.2 Å². The topological polar surface area (TPSA) is 119 Å². The number of halogens is 5. The van der Waals surface area contributed by atoms with E-state index >= 15 is 0 Å². The van der Waals surface area contributed by atoms with Crippen molar-refractivity contribution >= 4 is 84.0 Å². The molecule has 0 unspecified atom stereocenters. The van der Waals surface area contributed by atoms with E-state index in [4.69, 9.17) is 45.3 Å². The summed E-state index contributed by atoms with van der Waals surface area (Å²) in [6, 6.07) is 14.3. The molecule has 2 aromatic carbocycles. The van der Waals surface area contributed by atoms with Gasteiger partial charge in [-0.25, -0.2) is 9.97 Å². The molecule has 0 saturated carbocycles. The van der Waals surface area contributed by atoms with E-state index in [9.17, 15) is 4.79 Å². The van der Waals surface area contributed by atoms with Crippen LogP contribution in [0.4, 0.5) is 17.3 Å². The van der Waals surface area contributed by atoms with E-state index in [0.29, 0.717) is 36.5 Å². The van der Waals surface area contributed by atoms with Gasteiger partial charge in [-0.3, -0.25) is 9.78 Å². The lowest BCUT2D eigenvalue weighted by atomic mass is 10.3. The van der Waals surface area contributed by atoms with Crippen molar-refractivity contribution in [3.63, 3.8) is 0 Å². The maximum Gasteiger partial charge on any atom is 0.266 e.